The van der Waals surface area contributed by atoms with Gasteiger partial charge < -0.3 is 4.74 Å². The Morgan fingerprint density at radius 2 is 2.00 bits per heavy atom. The summed E-state index contributed by atoms with van der Waals surface area (Å²) in [5.74, 6) is 0.795. The van der Waals surface area contributed by atoms with Crippen LogP contribution in [-0.4, -0.2) is 35.2 Å². The zero-order valence-corrected chi connectivity index (χ0v) is 14.5. The molecule has 1 aromatic rings. The van der Waals surface area contributed by atoms with Crippen molar-refractivity contribution in [3.63, 3.8) is 0 Å². The summed E-state index contributed by atoms with van der Waals surface area (Å²) in [6, 6.07) is 7.93. The van der Waals surface area contributed by atoms with Crippen molar-refractivity contribution < 1.29 is 9.53 Å². The smallest absolute Gasteiger partial charge is 0.266 e. The number of rotatable bonds is 4. The highest BCUT2D eigenvalue weighted by Gasteiger charge is 2.35. The van der Waals surface area contributed by atoms with Crippen LogP contribution in [0, 0.1) is 0 Å². The Hall–Kier alpha value is -1.75. The van der Waals surface area contributed by atoms with Gasteiger partial charge in [0.15, 0.2) is 5.17 Å². The van der Waals surface area contributed by atoms with Gasteiger partial charge in [0.2, 0.25) is 0 Å². The van der Waals surface area contributed by atoms with Gasteiger partial charge in [0.25, 0.3) is 5.91 Å². The monoisotopic (exact) mass is 318 g/mol. The molecule has 0 radical (unpaired) electrons. The lowest BCUT2D eigenvalue weighted by molar-refractivity contribution is -0.123. The van der Waals surface area contributed by atoms with Crippen LogP contribution < -0.4 is 4.74 Å². The van der Waals surface area contributed by atoms with Gasteiger partial charge >= 0.3 is 0 Å². The number of benzene rings is 1. The number of hydrogen-bond donors (Lipinski definition) is 0. The second kappa shape index (κ2) is 7.01. The third-order valence-electron chi connectivity index (χ3n) is 3.11. The number of amides is 1. The Labute approximate surface area is 136 Å². The minimum atomic E-state index is 0.0159. The topological polar surface area (TPSA) is 41.9 Å². The van der Waals surface area contributed by atoms with Crippen LogP contribution in [0.4, 0.5) is 0 Å². The first kappa shape index (κ1) is 16.6. The van der Waals surface area contributed by atoms with Gasteiger partial charge in [-0.15, -0.1) is 0 Å². The first-order valence-corrected chi connectivity index (χ1v) is 8.19. The van der Waals surface area contributed by atoms with Gasteiger partial charge in [0.1, 0.15) is 5.75 Å². The number of carbonyl (C=O) groups excluding carboxylic acids is 1. The van der Waals surface area contributed by atoms with Crippen LogP contribution in [0.3, 0.4) is 0 Å². The van der Waals surface area contributed by atoms with Gasteiger partial charge in [-0.05, 0) is 63.2 Å². The summed E-state index contributed by atoms with van der Waals surface area (Å²) < 4.78 is 5.22. The molecule has 1 saturated heterocycles. The molecule has 0 unspecified atom stereocenters. The molecule has 4 nitrogen and oxygen atoms in total. The molecular formula is C17H22N2O2S. The maximum atomic E-state index is 12.6. The van der Waals surface area contributed by atoms with Gasteiger partial charge in [0, 0.05) is 12.1 Å². The second-order valence-electron chi connectivity index (χ2n) is 5.66. The van der Waals surface area contributed by atoms with Crippen LogP contribution in [0.1, 0.15) is 33.3 Å². The summed E-state index contributed by atoms with van der Waals surface area (Å²) in [6.45, 7) is 8.03. The van der Waals surface area contributed by atoms with Gasteiger partial charge in [-0.1, -0.05) is 12.1 Å². The molecule has 0 N–H and O–H groups in total. The number of thioether (sulfide) groups is 1. The van der Waals surface area contributed by atoms with Crippen LogP contribution in [0.2, 0.25) is 0 Å². The van der Waals surface area contributed by atoms with E-state index in [0.717, 1.165) is 16.5 Å². The van der Waals surface area contributed by atoms with Crippen molar-refractivity contribution in [1.29, 1.82) is 0 Å². The summed E-state index contributed by atoms with van der Waals surface area (Å²) in [4.78, 5) is 19.7. The normalized spacial score (nSPS) is 19.0. The number of amidine groups is 1. The van der Waals surface area contributed by atoms with E-state index in [1.54, 1.807) is 12.0 Å². The van der Waals surface area contributed by atoms with Gasteiger partial charge in [0.05, 0.1) is 12.0 Å². The largest absolute Gasteiger partial charge is 0.497 e. The summed E-state index contributed by atoms with van der Waals surface area (Å²) in [6.07, 6.45) is 1.90. The lowest BCUT2D eigenvalue weighted by Gasteiger charge is -2.20. The molecular weight excluding hydrogens is 296 g/mol. The van der Waals surface area contributed by atoms with E-state index in [-0.39, 0.29) is 18.0 Å². The zero-order valence-electron chi connectivity index (χ0n) is 13.7. The second-order valence-corrected chi connectivity index (χ2v) is 6.67. The SMILES string of the molecule is COc1cccc(/C=C2/SC(=NC(C)C)N(C(C)C)C2=O)c1. The van der Waals surface area contributed by atoms with E-state index in [0.29, 0.717) is 4.91 Å². The van der Waals surface area contributed by atoms with Gasteiger partial charge in [-0.25, -0.2) is 0 Å². The molecule has 0 saturated carbocycles. The lowest BCUT2D eigenvalue weighted by Crippen LogP contribution is -2.35. The molecule has 0 bridgehead atoms. The fourth-order valence-corrected chi connectivity index (χ4v) is 3.37. The molecule has 0 aromatic heterocycles. The summed E-state index contributed by atoms with van der Waals surface area (Å²) in [5.41, 5.74) is 0.949. The molecule has 0 atom stereocenters. The lowest BCUT2D eigenvalue weighted by atomic mass is 10.2. The molecule has 2 rings (SSSR count). The standard InChI is InChI=1S/C17H22N2O2S/c1-11(2)18-17-19(12(3)4)16(20)15(22-17)10-13-7-6-8-14(9-13)21-5/h6-12H,1-5H3/b15-10+,18-17?. The average molecular weight is 318 g/mol. The highest BCUT2D eigenvalue weighted by Crippen LogP contribution is 2.34. The maximum Gasteiger partial charge on any atom is 0.266 e. The number of hydrogen-bond acceptors (Lipinski definition) is 4. The predicted octanol–water partition coefficient (Wildman–Crippen LogP) is 3.78. The maximum absolute atomic E-state index is 12.6. The predicted molar refractivity (Wildman–Crippen MR) is 93.1 cm³/mol. The molecule has 0 spiro atoms. The number of aliphatic imine (C=N–C) groups is 1. The molecule has 1 amide bonds. The van der Waals surface area contributed by atoms with Crippen molar-refractivity contribution in [1.82, 2.24) is 4.90 Å². The van der Waals surface area contributed by atoms with E-state index in [9.17, 15) is 4.79 Å². The Balaban J connectivity index is 2.35. The fourth-order valence-electron chi connectivity index (χ4n) is 2.14. The highest BCUT2D eigenvalue weighted by molar-refractivity contribution is 8.18. The minimum absolute atomic E-state index is 0.0159. The summed E-state index contributed by atoms with van der Waals surface area (Å²) in [7, 11) is 1.63. The number of ether oxygens (including phenoxy) is 1. The van der Waals surface area contributed by atoms with Crippen LogP contribution in [0.5, 0.6) is 5.75 Å². The van der Waals surface area contributed by atoms with E-state index in [1.165, 1.54) is 11.8 Å². The van der Waals surface area contributed by atoms with Gasteiger partial charge in [-0.3, -0.25) is 14.7 Å². The molecule has 1 fully saturated rings. The molecule has 1 aliphatic heterocycles. The van der Waals surface area contributed by atoms with Crippen LogP contribution in [0.15, 0.2) is 34.2 Å². The number of carbonyl (C=O) groups is 1. The Kier molecular flexibility index (Phi) is 5.29. The Bertz CT molecular complexity index is 621. The quantitative estimate of drug-likeness (QED) is 0.793. The van der Waals surface area contributed by atoms with Crippen molar-refractivity contribution in [3.05, 3.63) is 34.7 Å². The molecule has 1 heterocycles. The van der Waals surface area contributed by atoms with Crippen molar-refractivity contribution in [2.24, 2.45) is 4.99 Å². The fraction of sp³-hybridized carbons (Fsp3) is 0.412. The van der Waals surface area contributed by atoms with E-state index in [4.69, 9.17) is 4.74 Å². The third-order valence-corrected chi connectivity index (χ3v) is 4.11. The first-order valence-electron chi connectivity index (χ1n) is 7.37. The highest BCUT2D eigenvalue weighted by atomic mass is 32.2. The van der Waals surface area contributed by atoms with E-state index in [1.807, 2.05) is 58.0 Å². The van der Waals surface area contributed by atoms with Crippen LogP contribution in [-0.2, 0) is 4.79 Å². The molecule has 0 aliphatic carbocycles. The molecule has 22 heavy (non-hydrogen) atoms. The van der Waals surface area contributed by atoms with Crippen molar-refractivity contribution >= 4 is 28.9 Å². The van der Waals surface area contributed by atoms with Gasteiger partial charge in [-0.2, -0.15) is 0 Å². The zero-order chi connectivity index (χ0) is 16.3. The molecule has 1 aliphatic rings. The average Bonchev–Trinajstić information content (AvgIpc) is 2.74. The molecule has 1 aromatic carbocycles. The number of nitrogens with zero attached hydrogens (tertiary/aromatic N) is 2. The van der Waals surface area contributed by atoms with E-state index in [2.05, 4.69) is 4.99 Å². The first-order chi connectivity index (χ1) is 10.4. The molecule has 5 heteroatoms. The van der Waals surface area contributed by atoms with Crippen LogP contribution in [0.25, 0.3) is 6.08 Å². The summed E-state index contributed by atoms with van der Waals surface area (Å²) in [5, 5.41) is 0.782. The summed E-state index contributed by atoms with van der Waals surface area (Å²) >= 11 is 1.44. The third kappa shape index (κ3) is 3.71. The van der Waals surface area contributed by atoms with Crippen LogP contribution >= 0.6 is 11.8 Å². The minimum Gasteiger partial charge on any atom is -0.497 e. The van der Waals surface area contributed by atoms with Crippen molar-refractivity contribution in [3.8, 4) is 5.75 Å². The Morgan fingerprint density at radius 3 is 2.59 bits per heavy atom. The molecule has 118 valence electrons. The van der Waals surface area contributed by atoms with Crippen molar-refractivity contribution in [2.45, 2.75) is 39.8 Å². The van der Waals surface area contributed by atoms with E-state index >= 15 is 0 Å². The number of methoxy groups -OCH3 is 1. The van der Waals surface area contributed by atoms with E-state index < -0.39 is 0 Å². The van der Waals surface area contributed by atoms with Crippen molar-refractivity contribution in [2.75, 3.05) is 7.11 Å². The Morgan fingerprint density at radius 1 is 1.27 bits per heavy atom.